The van der Waals surface area contributed by atoms with Crippen LogP contribution in [-0.4, -0.2) is 61.2 Å². The van der Waals surface area contributed by atoms with Gasteiger partial charge < -0.3 is 20.9 Å². The molecule has 136 valence electrons. The van der Waals surface area contributed by atoms with Crippen molar-refractivity contribution in [3.8, 4) is 0 Å². The molecule has 0 saturated carbocycles. The van der Waals surface area contributed by atoms with Crippen molar-refractivity contribution in [1.82, 2.24) is 20.6 Å². The molecule has 0 atom stereocenters. The zero-order chi connectivity index (χ0) is 17.9. The number of hydrogen-bond acceptors (Lipinski definition) is 7. The molecule has 0 bridgehead atoms. The van der Waals surface area contributed by atoms with E-state index in [-0.39, 0.29) is 11.9 Å². The van der Waals surface area contributed by atoms with Gasteiger partial charge in [-0.2, -0.15) is 0 Å². The molecule has 3 amide bonds. The van der Waals surface area contributed by atoms with E-state index in [1.54, 1.807) is 17.8 Å². The first kappa shape index (κ1) is 16.7. The Bertz CT molecular complexity index is 818. The maximum absolute atomic E-state index is 12.6. The van der Waals surface area contributed by atoms with Crippen molar-refractivity contribution in [2.75, 3.05) is 54.4 Å². The van der Waals surface area contributed by atoms with Gasteiger partial charge in [0.15, 0.2) is 5.13 Å². The SMILES string of the molecule is O=C(Nc1cnccc1N1CCNCC1)c1csc(N2CCNC2=O)n1. The molecule has 2 aliphatic heterocycles. The van der Waals surface area contributed by atoms with Crippen LogP contribution >= 0.6 is 11.3 Å². The molecule has 2 fully saturated rings. The van der Waals surface area contributed by atoms with Crippen molar-refractivity contribution in [3.63, 3.8) is 0 Å². The van der Waals surface area contributed by atoms with Crippen LogP contribution in [0.25, 0.3) is 0 Å². The molecule has 10 heteroatoms. The third-order valence-corrected chi connectivity index (χ3v) is 5.18. The van der Waals surface area contributed by atoms with Gasteiger partial charge in [-0.15, -0.1) is 11.3 Å². The standard InChI is InChI=1S/C16H19N7O2S/c24-14(12-10-26-16(21-12)23-8-5-19-15(23)25)20-11-9-18-2-1-13(11)22-6-3-17-4-7-22/h1-2,9-10,17H,3-8H2,(H,19,25)(H,20,24). The normalized spacial score (nSPS) is 17.3. The number of aromatic nitrogens is 2. The summed E-state index contributed by atoms with van der Waals surface area (Å²) in [5, 5.41) is 11.1. The first-order valence-corrected chi connectivity index (χ1v) is 9.32. The number of carbonyl (C=O) groups is 2. The van der Waals surface area contributed by atoms with Gasteiger partial charge in [0.25, 0.3) is 5.91 Å². The molecule has 0 aromatic carbocycles. The molecular formula is C16H19N7O2S. The number of thiazole rings is 1. The highest BCUT2D eigenvalue weighted by molar-refractivity contribution is 7.14. The second kappa shape index (κ2) is 7.26. The summed E-state index contributed by atoms with van der Waals surface area (Å²) in [5.41, 5.74) is 1.90. The maximum Gasteiger partial charge on any atom is 0.323 e. The molecular weight excluding hydrogens is 354 g/mol. The van der Waals surface area contributed by atoms with Gasteiger partial charge in [-0.1, -0.05) is 0 Å². The number of hydrogen-bond donors (Lipinski definition) is 3. The molecule has 4 heterocycles. The Hall–Kier alpha value is -2.72. The van der Waals surface area contributed by atoms with E-state index >= 15 is 0 Å². The van der Waals surface area contributed by atoms with Crippen LogP contribution in [0, 0.1) is 0 Å². The van der Waals surface area contributed by atoms with Crippen LogP contribution in [0.3, 0.4) is 0 Å². The van der Waals surface area contributed by atoms with Gasteiger partial charge in [-0.3, -0.25) is 14.7 Å². The molecule has 26 heavy (non-hydrogen) atoms. The fourth-order valence-corrected chi connectivity index (χ4v) is 3.83. The van der Waals surface area contributed by atoms with E-state index in [1.807, 2.05) is 6.07 Å². The Balaban J connectivity index is 1.50. The van der Waals surface area contributed by atoms with Crippen molar-refractivity contribution in [3.05, 3.63) is 29.5 Å². The van der Waals surface area contributed by atoms with E-state index in [4.69, 9.17) is 0 Å². The molecule has 2 aromatic heterocycles. The minimum absolute atomic E-state index is 0.181. The quantitative estimate of drug-likeness (QED) is 0.730. The summed E-state index contributed by atoms with van der Waals surface area (Å²) in [6, 6.07) is 1.72. The number of rotatable bonds is 4. The lowest BCUT2D eigenvalue weighted by molar-refractivity contribution is 0.102. The minimum atomic E-state index is -0.309. The third-order valence-electron chi connectivity index (χ3n) is 4.32. The summed E-state index contributed by atoms with van der Waals surface area (Å²) in [5.74, 6) is -0.309. The lowest BCUT2D eigenvalue weighted by Crippen LogP contribution is -2.43. The van der Waals surface area contributed by atoms with E-state index in [0.29, 0.717) is 29.6 Å². The van der Waals surface area contributed by atoms with Gasteiger partial charge in [0.1, 0.15) is 5.69 Å². The fourth-order valence-electron chi connectivity index (χ4n) is 3.00. The number of piperazine rings is 1. The van der Waals surface area contributed by atoms with Crippen LogP contribution in [0.5, 0.6) is 0 Å². The average Bonchev–Trinajstić information content (AvgIpc) is 3.32. The Labute approximate surface area is 154 Å². The van der Waals surface area contributed by atoms with Gasteiger partial charge in [0.2, 0.25) is 0 Å². The van der Waals surface area contributed by atoms with Crippen LogP contribution in [0.4, 0.5) is 21.3 Å². The summed E-state index contributed by atoms with van der Waals surface area (Å²) < 4.78 is 0. The van der Waals surface area contributed by atoms with Gasteiger partial charge in [-0.25, -0.2) is 9.78 Å². The fraction of sp³-hybridized carbons (Fsp3) is 0.375. The number of urea groups is 1. The molecule has 2 saturated heterocycles. The Morgan fingerprint density at radius 3 is 2.85 bits per heavy atom. The van der Waals surface area contributed by atoms with Crippen LogP contribution in [0.2, 0.25) is 0 Å². The van der Waals surface area contributed by atoms with Gasteiger partial charge in [0.05, 0.1) is 17.6 Å². The second-order valence-electron chi connectivity index (χ2n) is 5.98. The lowest BCUT2D eigenvalue weighted by atomic mass is 10.2. The largest absolute Gasteiger partial charge is 0.367 e. The van der Waals surface area contributed by atoms with Crippen molar-refractivity contribution in [1.29, 1.82) is 0 Å². The number of nitrogens with one attached hydrogen (secondary N) is 3. The minimum Gasteiger partial charge on any atom is -0.367 e. The maximum atomic E-state index is 12.6. The summed E-state index contributed by atoms with van der Waals surface area (Å²) in [7, 11) is 0. The number of anilines is 3. The van der Waals surface area contributed by atoms with Crippen molar-refractivity contribution in [2.45, 2.75) is 0 Å². The molecule has 4 rings (SSSR count). The highest BCUT2D eigenvalue weighted by atomic mass is 32.1. The van der Waals surface area contributed by atoms with Crippen molar-refractivity contribution < 1.29 is 9.59 Å². The Morgan fingerprint density at radius 2 is 2.08 bits per heavy atom. The van der Waals surface area contributed by atoms with E-state index in [1.165, 1.54) is 16.2 Å². The van der Waals surface area contributed by atoms with Crippen LogP contribution in [-0.2, 0) is 0 Å². The molecule has 0 aliphatic carbocycles. The molecule has 9 nitrogen and oxygen atoms in total. The topological polar surface area (TPSA) is 102 Å². The van der Waals surface area contributed by atoms with Gasteiger partial charge >= 0.3 is 6.03 Å². The van der Waals surface area contributed by atoms with Crippen molar-refractivity contribution in [2.24, 2.45) is 0 Å². The van der Waals surface area contributed by atoms with Crippen molar-refractivity contribution >= 4 is 39.8 Å². The first-order valence-electron chi connectivity index (χ1n) is 8.44. The first-order chi connectivity index (χ1) is 12.7. The van der Waals surface area contributed by atoms with Crippen LogP contribution < -0.4 is 25.8 Å². The number of nitrogens with zero attached hydrogens (tertiary/aromatic N) is 4. The van der Waals surface area contributed by atoms with E-state index < -0.39 is 0 Å². The summed E-state index contributed by atoms with van der Waals surface area (Å²) >= 11 is 1.28. The molecule has 2 aromatic rings. The number of amides is 3. The average molecular weight is 373 g/mol. The second-order valence-corrected chi connectivity index (χ2v) is 6.82. The summed E-state index contributed by atoms with van der Waals surface area (Å²) in [6.07, 6.45) is 3.37. The van der Waals surface area contributed by atoms with E-state index in [2.05, 4.69) is 30.8 Å². The Morgan fingerprint density at radius 1 is 1.23 bits per heavy atom. The summed E-state index contributed by atoms with van der Waals surface area (Å²) in [4.78, 5) is 36.5. The Kier molecular flexibility index (Phi) is 4.67. The predicted molar refractivity (Wildman–Crippen MR) is 100 cm³/mol. The molecule has 0 radical (unpaired) electrons. The van der Waals surface area contributed by atoms with Crippen LogP contribution in [0.1, 0.15) is 10.5 Å². The number of pyridine rings is 1. The molecule has 0 spiro atoms. The van der Waals surface area contributed by atoms with E-state index in [0.717, 1.165) is 31.9 Å². The zero-order valence-electron chi connectivity index (χ0n) is 14.1. The molecule has 2 aliphatic rings. The monoisotopic (exact) mass is 373 g/mol. The lowest BCUT2D eigenvalue weighted by Gasteiger charge is -2.30. The molecule has 3 N–H and O–H groups in total. The highest BCUT2D eigenvalue weighted by Crippen LogP contribution is 2.27. The number of carbonyl (C=O) groups excluding carboxylic acids is 2. The van der Waals surface area contributed by atoms with Gasteiger partial charge in [-0.05, 0) is 6.07 Å². The van der Waals surface area contributed by atoms with Gasteiger partial charge in [0, 0.05) is 50.8 Å². The highest BCUT2D eigenvalue weighted by Gasteiger charge is 2.25. The van der Waals surface area contributed by atoms with E-state index in [9.17, 15) is 9.59 Å². The van der Waals surface area contributed by atoms with Crippen LogP contribution in [0.15, 0.2) is 23.8 Å². The smallest absolute Gasteiger partial charge is 0.323 e. The molecule has 0 unspecified atom stereocenters. The zero-order valence-corrected chi connectivity index (χ0v) is 14.9. The third kappa shape index (κ3) is 3.33. The predicted octanol–water partition coefficient (Wildman–Crippen LogP) is 0.730. The summed E-state index contributed by atoms with van der Waals surface area (Å²) in [6.45, 7) is 4.70.